The van der Waals surface area contributed by atoms with E-state index in [1.165, 1.54) is 0 Å². The van der Waals surface area contributed by atoms with E-state index in [1.807, 2.05) is 58.4 Å². The second kappa shape index (κ2) is 11.5. The summed E-state index contributed by atoms with van der Waals surface area (Å²) in [5.74, 6) is 0.140. The number of benzene rings is 2. The van der Waals surface area contributed by atoms with Crippen molar-refractivity contribution in [1.82, 2.24) is 25.4 Å². The first-order chi connectivity index (χ1) is 16.3. The summed E-state index contributed by atoms with van der Waals surface area (Å²) in [4.78, 5) is 23.6. The molecule has 12 heteroatoms. The molecule has 0 atom stereocenters. The number of amides is 3. The van der Waals surface area contributed by atoms with Gasteiger partial charge in [-0.25, -0.2) is 4.79 Å². The Bertz CT molecular complexity index is 1120. The number of urea groups is 1. The average Bonchev–Trinajstić information content (AvgIpc) is 3.22. The molecule has 2 N–H and O–H groups in total. The molecule has 3 rings (SSSR count). The first kappa shape index (κ1) is 25.1. The van der Waals surface area contributed by atoms with Crippen LogP contribution in [0, 0.1) is 0 Å². The number of hydrogen-bond acceptors (Lipinski definition) is 6. The number of methoxy groups -OCH3 is 1. The van der Waals surface area contributed by atoms with Crippen LogP contribution in [0.3, 0.4) is 0 Å². The Labute approximate surface area is 197 Å². The van der Waals surface area contributed by atoms with Crippen LogP contribution in [0.25, 0.3) is 11.4 Å². The van der Waals surface area contributed by atoms with Crippen molar-refractivity contribution in [3.05, 3.63) is 60.2 Å². The highest BCUT2D eigenvalue weighted by molar-refractivity contribution is 7.99. The van der Waals surface area contributed by atoms with E-state index in [1.54, 1.807) is 18.5 Å². The van der Waals surface area contributed by atoms with Gasteiger partial charge in [-0.05, 0) is 24.1 Å². The van der Waals surface area contributed by atoms with E-state index in [-0.39, 0.29) is 5.75 Å². The molecule has 0 unspecified atom stereocenters. The van der Waals surface area contributed by atoms with Crippen LogP contribution in [0.4, 0.5) is 18.0 Å². The van der Waals surface area contributed by atoms with Gasteiger partial charge in [0.15, 0.2) is 11.0 Å². The number of carbonyl (C=O) groups excluding carboxylic acids is 2. The molecule has 0 radical (unpaired) electrons. The van der Waals surface area contributed by atoms with Gasteiger partial charge < -0.3 is 14.6 Å². The lowest BCUT2D eigenvalue weighted by molar-refractivity contribution is -0.124. The van der Waals surface area contributed by atoms with Crippen molar-refractivity contribution in [3.63, 3.8) is 0 Å². The number of halogens is 3. The van der Waals surface area contributed by atoms with E-state index in [9.17, 15) is 22.8 Å². The molecule has 0 bridgehead atoms. The maximum atomic E-state index is 12.2. The van der Waals surface area contributed by atoms with Crippen molar-refractivity contribution in [2.24, 2.45) is 0 Å². The van der Waals surface area contributed by atoms with Crippen molar-refractivity contribution in [2.75, 3.05) is 19.4 Å². The number of thioether (sulfide) groups is 1. The first-order valence-corrected chi connectivity index (χ1v) is 11.1. The highest BCUT2D eigenvalue weighted by Crippen LogP contribution is 2.31. The van der Waals surface area contributed by atoms with Crippen molar-refractivity contribution < 1.29 is 27.5 Å². The van der Waals surface area contributed by atoms with Crippen LogP contribution in [0.15, 0.2) is 59.8 Å². The summed E-state index contributed by atoms with van der Waals surface area (Å²) >= 11 is 1.02. The smallest absolute Gasteiger partial charge is 0.405 e. The number of alkyl halides is 3. The van der Waals surface area contributed by atoms with E-state index in [4.69, 9.17) is 4.74 Å². The molecule has 34 heavy (non-hydrogen) atoms. The highest BCUT2D eigenvalue weighted by atomic mass is 32.2. The standard InChI is InChI=1S/C22H22F3N5O3S/c1-33-17-10-6-5-9-16(17)19-28-29-21(30(19)12-11-15-7-3-2-4-8-15)34-13-18(31)27-20(32)26-14-22(23,24)25/h2-10H,11-14H2,1H3,(H2,26,27,31,32). The third-order valence-corrected chi connectivity index (χ3v) is 5.53. The zero-order valence-corrected chi connectivity index (χ0v) is 18.9. The quantitative estimate of drug-likeness (QED) is 0.442. The second-order valence-corrected chi connectivity index (χ2v) is 7.97. The van der Waals surface area contributed by atoms with Gasteiger partial charge in [-0.2, -0.15) is 13.2 Å². The van der Waals surface area contributed by atoms with Crippen LogP contribution < -0.4 is 15.4 Å². The van der Waals surface area contributed by atoms with E-state index in [0.29, 0.717) is 35.3 Å². The van der Waals surface area contributed by atoms with Gasteiger partial charge in [-0.15, -0.1) is 10.2 Å². The van der Waals surface area contributed by atoms with Crippen LogP contribution in [0.1, 0.15) is 5.56 Å². The number of carbonyl (C=O) groups is 2. The summed E-state index contributed by atoms with van der Waals surface area (Å²) in [6, 6.07) is 15.9. The number of aryl methyl sites for hydroxylation is 1. The summed E-state index contributed by atoms with van der Waals surface area (Å²) in [7, 11) is 1.55. The number of rotatable bonds is 9. The number of aromatic nitrogens is 3. The lowest BCUT2D eigenvalue weighted by Gasteiger charge is -2.12. The number of hydrogen-bond donors (Lipinski definition) is 2. The molecule has 3 aromatic rings. The van der Waals surface area contributed by atoms with Gasteiger partial charge in [0.2, 0.25) is 5.91 Å². The molecule has 8 nitrogen and oxygen atoms in total. The average molecular weight is 494 g/mol. The lowest BCUT2D eigenvalue weighted by atomic mass is 10.1. The molecule has 180 valence electrons. The second-order valence-electron chi connectivity index (χ2n) is 7.03. The molecule has 1 aromatic heterocycles. The van der Waals surface area contributed by atoms with Crippen LogP contribution >= 0.6 is 11.8 Å². The van der Waals surface area contributed by atoms with Crippen molar-refractivity contribution >= 4 is 23.7 Å². The SMILES string of the molecule is COc1ccccc1-c1nnc(SCC(=O)NC(=O)NCC(F)(F)F)n1CCc1ccccc1. The number of imide groups is 1. The molecular weight excluding hydrogens is 471 g/mol. The third kappa shape index (κ3) is 7.24. The summed E-state index contributed by atoms with van der Waals surface area (Å²) in [5, 5.41) is 12.3. The predicted molar refractivity (Wildman–Crippen MR) is 120 cm³/mol. The van der Waals surface area contributed by atoms with Crippen LogP contribution in [0.2, 0.25) is 0 Å². The minimum absolute atomic E-state index is 0.241. The fourth-order valence-corrected chi connectivity index (χ4v) is 3.79. The minimum Gasteiger partial charge on any atom is -0.496 e. The zero-order chi connectivity index (χ0) is 24.6. The summed E-state index contributed by atoms with van der Waals surface area (Å²) in [5.41, 5.74) is 1.81. The van der Waals surface area contributed by atoms with E-state index in [2.05, 4.69) is 10.2 Å². The Kier molecular flexibility index (Phi) is 8.52. The van der Waals surface area contributed by atoms with Gasteiger partial charge >= 0.3 is 12.2 Å². The molecule has 0 spiro atoms. The Morgan fingerprint density at radius 2 is 1.76 bits per heavy atom. The fraction of sp³-hybridized carbons (Fsp3) is 0.273. The topological polar surface area (TPSA) is 98.1 Å². The number of nitrogens with one attached hydrogen (secondary N) is 2. The first-order valence-electron chi connectivity index (χ1n) is 10.1. The summed E-state index contributed by atoms with van der Waals surface area (Å²) in [6.07, 6.45) is -3.90. The van der Waals surface area contributed by atoms with Gasteiger partial charge in [0.05, 0.1) is 18.4 Å². The van der Waals surface area contributed by atoms with Gasteiger partial charge in [0, 0.05) is 6.54 Å². The Hall–Kier alpha value is -3.54. The Morgan fingerprint density at radius 3 is 2.47 bits per heavy atom. The maximum Gasteiger partial charge on any atom is 0.405 e. The Morgan fingerprint density at radius 1 is 1.06 bits per heavy atom. The van der Waals surface area contributed by atoms with Gasteiger partial charge in [-0.3, -0.25) is 10.1 Å². The highest BCUT2D eigenvalue weighted by Gasteiger charge is 2.28. The summed E-state index contributed by atoms with van der Waals surface area (Å²) in [6.45, 7) is -1.03. The van der Waals surface area contributed by atoms with Gasteiger partial charge in [0.25, 0.3) is 0 Å². The third-order valence-electron chi connectivity index (χ3n) is 4.57. The fourth-order valence-electron chi connectivity index (χ4n) is 3.03. The van der Waals surface area contributed by atoms with Gasteiger partial charge in [-0.1, -0.05) is 54.2 Å². The van der Waals surface area contributed by atoms with Crippen LogP contribution in [0.5, 0.6) is 5.75 Å². The van der Waals surface area contributed by atoms with Crippen molar-refractivity contribution in [2.45, 2.75) is 24.3 Å². The molecule has 0 aliphatic heterocycles. The lowest BCUT2D eigenvalue weighted by Crippen LogP contribution is -2.43. The van der Waals surface area contributed by atoms with E-state index in [0.717, 1.165) is 17.3 Å². The molecule has 0 saturated carbocycles. The molecule has 0 fully saturated rings. The maximum absolute atomic E-state index is 12.2. The molecular formula is C22H22F3N5O3S. The summed E-state index contributed by atoms with van der Waals surface area (Å²) < 4.78 is 43.9. The van der Waals surface area contributed by atoms with E-state index < -0.39 is 24.7 Å². The monoisotopic (exact) mass is 493 g/mol. The van der Waals surface area contributed by atoms with Crippen molar-refractivity contribution in [1.29, 1.82) is 0 Å². The Balaban J connectivity index is 1.74. The number of ether oxygens (including phenoxy) is 1. The largest absolute Gasteiger partial charge is 0.496 e. The zero-order valence-electron chi connectivity index (χ0n) is 18.1. The molecule has 1 heterocycles. The predicted octanol–water partition coefficient (Wildman–Crippen LogP) is 3.68. The molecule has 0 saturated heterocycles. The van der Waals surface area contributed by atoms with Crippen LogP contribution in [-0.4, -0.2) is 52.3 Å². The molecule has 2 aromatic carbocycles. The number of para-hydroxylation sites is 1. The molecule has 0 aliphatic rings. The normalized spacial score (nSPS) is 11.2. The minimum atomic E-state index is -4.57. The molecule has 3 amide bonds. The number of nitrogens with zero attached hydrogens (tertiary/aromatic N) is 3. The van der Waals surface area contributed by atoms with E-state index >= 15 is 0 Å². The van der Waals surface area contributed by atoms with Crippen LogP contribution in [-0.2, 0) is 17.8 Å². The van der Waals surface area contributed by atoms with Gasteiger partial charge in [0.1, 0.15) is 12.3 Å². The van der Waals surface area contributed by atoms with Crippen molar-refractivity contribution in [3.8, 4) is 17.1 Å². The molecule has 0 aliphatic carbocycles.